The van der Waals surface area contributed by atoms with E-state index in [1.54, 1.807) is 0 Å². The van der Waals surface area contributed by atoms with Crippen molar-refractivity contribution in [3.63, 3.8) is 0 Å². The maximum Gasteiger partial charge on any atom is 0.133 e. The van der Waals surface area contributed by atoms with Crippen molar-refractivity contribution in [1.29, 1.82) is 0 Å². The first kappa shape index (κ1) is 38.2. The Hall–Kier alpha value is -6.98. The van der Waals surface area contributed by atoms with E-state index in [9.17, 15) is 0 Å². The summed E-state index contributed by atoms with van der Waals surface area (Å²) in [4.78, 5) is 10.7. The zero-order valence-corrected chi connectivity index (χ0v) is 34.5. The quantitative estimate of drug-likeness (QED) is 0.148. The molecule has 0 bridgehead atoms. The van der Waals surface area contributed by atoms with Crippen molar-refractivity contribution in [1.82, 2.24) is 16.0 Å². The fraction of sp³-hybridized carbons (Fsp3) is 0.179. The number of hydrogen-bond acceptors (Lipinski definition) is 5. The van der Waals surface area contributed by atoms with Crippen LogP contribution in [0.4, 0.5) is 0 Å². The van der Waals surface area contributed by atoms with Crippen LogP contribution in [0.2, 0.25) is 0 Å². The van der Waals surface area contributed by atoms with Crippen LogP contribution in [0.25, 0.3) is 17.0 Å². The molecule has 300 valence electrons. The van der Waals surface area contributed by atoms with Crippen molar-refractivity contribution >= 4 is 28.6 Å². The highest BCUT2D eigenvalue weighted by Gasteiger charge is 2.35. The number of benzene rings is 4. The molecule has 10 rings (SSSR count). The standard InChI is InChI=1S/C56H51N5/c1-38-52(42-21-8-3-9-22-42)60-56(44-25-12-5-13-26-44)61-53(38)47-29-16-14-27-45(47)48-31-18-36-57-54(48)49-30-17-15-28-46(49)51-37-50(58-55(59-51)43-23-10-4-11-24-43)41-34-32-40(33-35-41)39-19-6-2-7-20-39/h2-4,6-12,15,17-32,34,37,50,52-53,57H,1,5,13-14,16,33,35-36H2,(H,58,59)(H,60,61). The normalized spacial score (nSPS) is 22.5. The molecule has 0 amide bonds. The Bertz CT molecular complexity index is 2700. The molecule has 0 saturated carbocycles. The van der Waals surface area contributed by atoms with Gasteiger partial charge in [0.25, 0.3) is 0 Å². The van der Waals surface area contributed by atoms with E-state index < -0.39 is 0 Å². The lowest BCUT2D eigenvalue weighted by Crippen LogP contribution is -2.44. The van der Waals surface area contributed by atoms with Crippen molar-refractivity contribution in [2.75, 3.05) is 6.54 Å². The molecular formula is C56H51N5. The lowest BCUT2D eigenvalue weighted by atomic mass is 9.79. The lowest BCUT2D eigenvalue weighted by molar-refractivity contribution is 0.655. The van der Waals surface area contributed by atoms with Crippen molar-refractivity contribution in [2.45, 2.75) is 56.7 Å². The number of aliphatic imine (C=N–C) groups is 2. The summed E-state index contributed by atoms with van der Waals surface area (Å²) < 4.78 is 0. The number of hydrogen-bond donors (Lipinski definition) is 3. The molecule has 0 saturated heterocycles. The van der Waals surface area contributed by atoms with Crippen LogP contribution in [-0.2, 0) is 0 Å². The zero-order chi connectivity index (χ0) is 41.0. The van der Waals surface area contributed by atoms with E-state index in [-0.39, 0.29) is 18.1 Å². The van der Waals surface area contributed by atoms with Gasteiger partial charge in [0.2, 0.25) is 0 Å². The second-order valence-corrected chi connectivity index (χ2v) is 16.3. The van der Waals surface area contributed by atoms with Gasteiger partial charge in [-0.1, -0.05) is 177 Å². The molecule has 3 heterocycles. The topological polar surface area (TPSA) is 60.8 Å². The third-order valence-electron chi connectivity index (χ3n) is 12.5. The van der Waals surface area contributed by atoms with Crippen LogP contribution in [0.1, 0.15) is 72.4 Å². The molecule has 5 nitrogen and oxygen atoms in total. The maximum absolute atomic E-state index is 5.36. The zero-order valence-electron chi connectivity index (χ0n) is 34.5. The summed E-state index contributed by atoms with van der Waals surface area (Å²) in [5.74, 6) is 1.82. The van der Waals surface area contributed by atoms with Crippen LogP contribution in [0.15, 0.2) is 226 Å². The van der Waals surface area contributed by atoms with Crippen LogP contribution in [-0.4, -0.2) is 30.3 Å². The van der Waals surface area contributed by atoms with Gasteiger partial charge in [-0.05, 0) is 83.6 Å². The molecular weight excluding hydrogens is 743 g/mol. The number of nitrogens with one attached hydrogen (secondary N) is 3. The van der Waals surface area contributed by atoms with Gasteiger partial charge >= 0.3 is 0 Å². The van der Waals surface area contributed by atoms with E-state index in [1.165, 1.54) is 33.4 Å². The molecule has 6 aliphatic rings. The van der Waals surface area contributed by atoms with Crippen molar-refractivity contribution in [3.8, 4) is 0 Å². The molecule has 4 aromatic carbocycles. The molecule has 3 unspecified atom stereocenters. The highest BCUT2D eigenvalue weighted by atomic mass is 15.1. The maximum atomic E-state index is 5.36. The summed E-state index contributed by atoms with van der Waals surface area (Å²) in [6.07, 6.45) is 29.1. The van der Waals surface area contributed by atoms with Gasteiger partial charge in [0.05, 0.1) is 17.8 Å². The molecule has 0 spiro atoms. The van der Waals surface area contributed by atoms with Crippen LogP contribution < -0.4 is 16.0 Å². The number of allylic oxidation sites excluding steroid dienone is 9. The van der Waals surface area contributed by atoms with Gasteiger partial charge in [-0.2, -0.15) is 0 Å². The molecule has 0 aromatic heterocycles. The number of nitrogens with zero attached hydrogens (tertiary/aromatic N) is 2. The summed E-state index contributed by atoms with van der Waals surface area (Å²) in [7, 11) is 0. The second kappa shape index (κ2) is 17.3. The van der Waals surface area contributed by atoms with Crippen LogP contribution in [0.3, 0.4) is 0 Å². The predicted molar refractivity (Wildman–Crippen MR) is 255 cm³/mol. The van der Waals surface area contributed by atoms with E-state index in [4.69, 9.17) is 16.6 Å². The van der Waals surface area contributed by atoms with Crippen molar-refractivity contribution < 1.29 is 0 Å². The van der Waals surface area contributed by atoms with Gasteiger partial charge in [0, 0.05) is 40.1 Å². The Kier molecular flexibility index (Phi) is 10.9. The lowest BCUT2D eigenvalue weighted by Gasteiger charge is -2.37. The third-order valence-corrected chi connectivity index (χ3v) is 12.5. The minimum atomic E-state index is -0.158. The summed E-state index contributed by atoms with van der Waals surface area (Å²) in [6.45, 7) is 5.52. The highest BCUT2D eigenvalue weighted by Crippen LogP contribution is 2.42. The molecule has 61 heavy (non-hydrogen) atoms. The summed E-state index contributed by atoms with van der Waals surface area (Å²) in [5, 5.41) is 11.6. The predicted octanol–water partition coefficient (Wildman–Crippen LogP) is 11.7. The third kappa shape index (κ3) is 7.92. The summed E-state index contributed by atoms with van der Waals surface area (Å²) >= 11 is 0. The van der Waals surface area contributed by atoms with E-state index >= 15 is 0 Å². The first-order chi connectivity index (χ1) is 30.2. The smallest absolute Gasteiger partial charge is 0.133 e. The number of amidine groups is 2. The average Bonchev–Trinajstić information content (AvgIpc) is 3.35. The fourth-order valence-corrected chi connectivity index (χ4v) is 9.35. The molecule has 0 radical (unpaired) electrons. The molecule has 3 atom stereocenters. The Balaban J connectivity index is 1.03. The number of rotatable bonds is 9. The van der Waals surface area contributed by atoms with E-state index in [2.05, 4.69) is 192 Å². The van der Waals surface area contributed by atoms with Crippen molar-refractivity contribution in [3.05, 3.63) is 244 Å². The largest absolute Gasteiger partial charge is 0.381 e. The van der Waals surface area contributed by atoms with Crippen LogP contribution in [0, 0.1) is 0 Å². The first-order valence-corrected chi connectivity index (χ1v) is 21.9. The molecule has 0 fully saturated rings. The van der Waals surface area contributed by atoms with Gasteiger partial charge in [-0.15, -0.1) is 0 Å². The number of dihydropyridines is 1. The Morgan fingerprint density at radius 2 is 1.34 bits per heavy atom. The Morgan fingerprint density at radius 1 is 0.623 bits per heavy atom. The van der Waals surface area contributed by atoms with E-state index in [0.717, 1.165) is 102 Å². The van der Waals surface area contributed by atoms with Crippen LogP contribution in [0.5, 0.6) is 0 Å². The van der Waals surface area contributed by atoms with Gasteiger partial charge in [0.15, 0.2) is 0 Å². The Morgan fingerprint density at radius 3 is 2.10 bits per heavy atom. The molecule has 3 aliphatic carbocycles. The first-order valence-electron chi connectivity index (χ1n) is 21.9. The molecule has 3 N–H and O–H groups in total. The SMILES string of the molecule is C=C1C(C2=CCCC=C2C2=C(c3ccccc3C3=CC(C4=CC=C(c5ccccc5)CC4)N=C(c4ccccc4)N3)NCC=C2)NC(C2=CCCC=C2)=NC1c1ccccc1. The summed E-state index contributed by atoms with van der Waals surface area (Å²) in [6, 6.07) is 40.3. The molecule has 4 aromatic rings. The van der Waals surface area contributed by atoms with Crippen molar-refractivity contribution in [2.24, 2.45) is 9.98 Å². The monoisotopic (exact) mass is 793 g/mol. The summed E-state index contributed by atoms with van der Waals surface area (Å²) in [5.41, 5.74) is 16.6. The van der Waals surface area contributed by atoms with Gasteiger partial charge in [-0.25, -0.2) is 0 Å². The Labute approximate surface area is 360 Å². The van der Waals surface area contributed by atoms with Crippen LogP contribution >= 0.6 is 0 Å². The van der Waals surface area contributed by atoms with E-state index in [1.807, 2.05) is 0 Å². The average molecular weight is 794 g/mol. The second-order valence-electron chi connectivity index (χ2n) is 16.3. The van der Waals surface area contributed by atoms with Gasteiger partial charge in [-0.3, -0.25) is 9.98 Å². The van der Waals surface area contributed by atoms with Gasteiger partial charge in [0.1, 0.15) is 17.7 Å². The molecule has 5 heteroatoms. The van der Waals surface area contributed by atoms with E-state index in [0.29, 0.717) is 0 Å². The molecule has 3 aliphatic heterocycles. The minimum Gasteiger partial charge on any atom is -0.381 e. The van der Waals surface area contributed by atoms with Gasteiger partial charge < -0.3 is 16.0 Å². The minimum absolute atomic E-state index is 0.0951. The fourth-order valence-electron chi connectivity index (χ4n) is 9.35. The highest BCUT2D eigenvalue weighted by molar-refractivity contribution is 6.06.